The van der Waals surface area contributed by atoms with Crippen molar-refractivity contribution in [3.63, 3.8) is 0 Å². The van der Waals surface area contributed by atoms with Crippen LogP contribution in [0.25, 0.3) is 5.69 Å². The topological polar surface area (TPSA) is 81.0 Å². The van der Waals surface area contributed by atoms with Gasteiger partial charge in [0.25, 0.3) is 5.91 Å². The predicted octanol–water partition coefficient (Wildman–Crippen LogP) is 3.94. The monoisotopic (exact) mass is 441 g/mol. The first-order valence-corrected chi connectivity index (χ1v) is 10.9. The number of halogens is 1. The molecule has 30 heavy (non-hydrogen) atoms. The summed E-state index contributed by atoms with van der Waals surface area (Å²) < 4.78 is 1.63. The highest BCUT2D eigenvalue weighted by molar-refractivity contribution is 8.00. The minimum Gasteiger partial charge on any atom is -0.278 e. The number of rotatable bonds is 4. The average Bonchev–Trinajstić information content (AvgIpc) is 3.13. The van der Waals surface area contributed by atoms with E-state index in [-0.39, 0.29) is 11.8 Å². The maximum Gasteiger partial charge on any atom is 0.260 e. The van der Waals surface area contributed by atoms with Crippen molar-refractivity contribution >= 4 is 35.2 Å². The zero-order chi connectivity index (χ0) is 21.1. The summed E-state index contributed by atoms with van der Waals surface area (Å²) in [7, 11) is 0. The lowest BCUT2D eigenvalue weighted by Crippen LogP contribution is -2.41. The number of aromatic nitrogens is 4. The molecule has 2 amide bonds. The van der Waals surface area contributed by atoms with Crippen molar-refractivity contribution in [2.45, 2.75) is 36.6 Å². The molecule has 0 saturated carbocycles. The molecule has 0 N–H and O–H groups in total. The second kappa shape index (κ2) is 8.97. The summed E-state index contributed by atoms with van der Waals surface area (Å²) in [5, 5.41) is 12.6. The lowest BCUT2D eigenvalue weighted by Gasteiger charge is -2.22. The highest BCUT2D eigenvalue weighted by Crippen LogP contribution is 2.30. The Labute approximate surface area is 183 Å². The molecule has 2 aromatic carbocycles. The van der Waals surface area contributed by atoms with Crippen molar-refractivity contribution in [3.05, 3.63) is 64.7 Å². The zero-order valence-corrected chi connectivity index (χ0v) is 17.9. The molecule has 1 aromatic heterocycles. The number of hydrogen-bond donors (Lipinski definition) is 0. The molecule has 154 valence electrons. The van der Waals surface area contributed by atoms with Crippen LogP contribution in [-0.4, -0.2) is 48.7 Å². The van der Waals surface area contributed by atoms with Crippen molar-refractivity contribution in [1.29, 1.82) is 0 Å². The first kappa shape index (κ1) is 20.6. The van der Waals surface area contributed by atoms with Gasteiger partial charge in [0, 0.05) is 17.1 Å². The van der Waals surface area contributed by atoms with E-state index in [4.69, 9.17) is 11.6 Å². The third-order valence-corrected chi connectivity index (χ3v) is 6.35. The Kier molecular flexibility index (Phi) is 6.15. The van der Waals surface area contributed by atoms with Crippen LogP contribution >= 0.6 is 23.4 Å². The Bertz CT molecular complexity index is 1070. The summed E-state index contributed by atoms with van der Waals surface area (Å²) >= 11 is 7.22. The molecular weight excluding hydrogens is 422 g/mol. The van der Waals surface area contributed by atoms with Crippen molar-refractivity contribution < 1.29 is 9.59 Å². The number of hydrogen-bond acceptors (Lipinski definition) is 6. The molecule has 0 bridgehead atoms. The third-order valence-electron chi connectivity index (χ3n) is 4.91. The van der Waals surface area contributed by atoms with Gasteiger partial charge in [0.2, 0.25) is 11.1 Å². The highest BCUT2D eigenvalue weighted by Gasteiger charge is 2.33. The quantitative estimate of drug-likeness (QED) is 0.570. The van der Waals surface area contributed by atoms with Crippen LogP contribution in [-0.2, 0) is 4.79 Å². The van der Waals surface area contributed by atoms with Gasteiger partial charge in [-0.2, -0.15) is 4.68 Å². The Balaban J connectivity index is 1.56. The Morgan fingerprint density at radius 2 is 1.97 bits per heavy atom. The summed E-state index contributed by atoms with van der Waals surface area (Å²) in [5.74, 6) is -0.515. The van der Waals surface area contributed by atoms with Gasteiger partial charge < -0.3 is 0 Å². The van der Waals surface area contributed by atoms with Gasteiger partial charge in [0.1, 0.15) is 0 Å². The smallest absolute Gasteiger partial charge is 0.260 e. The lowest BCUT2D eigenvalue weighted by atomic mass is 10.2. The van der Waals surface area contributed by atoms with Gasteiger partial charge in [-0.1, -0.05) is 41.9 Å². The molecule has 1 aliphatic rings. The van der Waals surface area contributed by atoms with Crippen LogP contribution in [0.3, 0.4) is 0 Å². The van der Waals surface area contributed by atoms with Gasteiger partial charge in [0.05, 0.1) is 10.9 Å². The summed E-state index contributed by atoms with van der Waals surface area (Å²) in [6.07, 6.45) is 2.28. The molecule has 4 rings (SSSR count). The minimum absolute atomic E-state index is 0.212. The highest BCUT2D eigenvalue weighted by atomic mass is 35.5. The molecule has 3 aromatic rings. The zero-order valence-electron chi connectivity index (χ0n) is 16.4. The largest absolute Gasteiger partial charge is 0.278 e. The Morgan fingerprint density at radius 1 is 1.17 bits per heavy atom. The van der Waals surface area contributed by atoms with E-state index in [1.54, 1.807) is 28.9 Å². The molecular formula is C21H20ClN5O2S. The second-order valence-electron chi connectivity index (χ2n) is 7.12. The van der Waals surface area contributed by atoms with E-state index in [0.717, 1.165) is 24.1 Å². The van der Waals surface area contributed by atoms with Crippen LogP contribution in [0.1, 0.15) is 35.2 Å². The van der Waals surface area contributed by atoms with E-state index in [1.165, 1.54) is 16.7 Å². The molecule has 1 atom stereocenters. The van der Waals surface area contributed by atoms with Gasteiger partial charge in [-0.15, -0.1) is 5.10 Å². The number of aryl methyl sites for hydroxylation is 1. The molecule has 0 aliphatic carbocycles. The number of tetrazole rings is 1. The van der Waals surface area contributed by atoms with Crippen molar-refractivity contribution in [3.8, 4) is 5.69 Å². The van der Waals surface area contributed by atoms with Gasteiger partial charge in [0.15, 0.2) is 0 Å². The molecule has 0 radical (unpaired) electrons. The number of thioether (sulfide) groups is 1. The van der Waals surface area contributed by atoms with Gasteiger partial charge in [-0.05, 0) is 72.2 Å². The molecule has 1 fully saturated rings. The first-order valence-electron chi connectivity index (χ1n) is 9.66. The minimum atomic E-state index is -0.432. The second-order valence-corrected chi connectivity index (χ2v) is 8.72. The van der Waals surface area contributed by atoms with Gasteiger partial charge in [-0.3, -0.25) is 14.5 Å². The maximum absolute atomic E-state index is 13.2. The number of imide groups is 1. The molecule has 1 saturated heterocycles. The summed E-state index contributed by atoms with van der Waals surface area (Å²) in [6, 6.07) is 14.4. The lowest BCUT2D eigenvalue weighted by molar-refractivity contribution is -0.127. The summed E-state index contributed by atoms with van der Waals surface area (Å²) in [4.78, 5) is 27.5. The van der Waals surface area contributed by atoms with E-state index in [0.29, 0.717) is 28.7 Å². The molecule has 2 heterocycles. The molecule has 7 nitrogen and oxygen atoms in total. The van der Waals surface area contributed by atoms with E-state index >= 15 is 0 Å². The first-order chi connectivity index (χ1) is 14.5. The van der Waals surface area contributed by atoms with Crippen molar-refractivity contribution in [1.82, 2.24) is 25.1 Å². The van der Waals surface area contributed by atoms with Crippen LogP contribution < -0.4 is 0 Å². The molecule has 1 aliphatic heterocycles. The fraction of sp³-hybridized carbons (Fsp3) is 0.286. The fourth-order valence-electron chi connectivity index (χ4n) is 3.37. The summed E-state index contributed by atoms with van der Waals surface area (Å²) in [5.41, 5.74) is 2.37. The van der Waals surface area contributed by atoms with Crippen LogP contribution in [0, 0.1) is 6.92 Å². The van der Waals surface area contributed by atoms with Crippen LogP contribution in [0.5, 0.6) is 0 Å². The number of carbonyl (C=O) groups is 2. The van der Waals surface area contributed by atoms with E-state index < -0.39 is 5.25 Å². The molecule has 0 spiro atoms. The number of likely N-dealkylation sites (tertiary alicyclic amines) is 1. The SMILES string of the molecule is Cc1cccc(-n2nnnc2SC2CCCCN(C(=O)c3ccc(Cl)cc3)C2=O)c1. The number of nitrogens with zero attached hydrogens (tertiary/aromatic N) is 5. The van der Waals surface area contributed by atoms with Crippen molar-refractivity contribution in [2.75, 3.05) is 6.54 Å². The normalized spacial score (nSPS) is 17.1. The van der Waals surface area contributed by atoms with E-state index in [9.17, 15) is 9.59 Å². The average molecular weight is 442 g/mol. The summed E-state index contributed by atoms with van der Waals surface area (Å²) in [6.45, 7) is 2.40. The number of carbonyl (C=O) groups excluding carboxylic acids is 2. The Morgan fingerprint density at radius 3 is 2.73 bits per heavy atom. The van der Waals surface area contributed by atoms with Crippen molar-refractivity contribution in [2.24, 2.45) is 0 Å². The van der Waals surface area contributed by atoms with Crippen LogP contribution in [0.15, 0.2) is 53.7 Å². The third kappa shape index (κ3) is 4.39. The standard InChI is InChI=1S/C21H20ClN5O2S/c1-14-5-4-6-17(13-14)27-21(23-24-25-27)30-18-7-2-3-12-26(20(18)29)19(28)15-8-10-16(22)11-9-15/h4-6,8-11,13,18H,2-3,7,12H2,1H3. The van der Waals surface area contributed by atoms with Crippen LogP contribution in [0.4, 0.5) is 0 Å². The van der Waals surface area contributed by atoms with Gasteiger partial charge in [-0.25, -0.2) is 0 Å². The Hall–Kier alpha value is -2.71. The predicted molar refractivity (Wildman–Crippen MR) is 115 cm³/mol. The number of benzene rings is 2. The molecule has 1 unspecified atom stereocenters. The van der Waals surface area contributed by atoms with E-state index in [2.05, 4.69) is 15.5 Å². The van der Waals surface area contributed by atoms with E-state index in [1.807, 2.05) is 31.2 Å². The maximum atomic E-state index is 13.2. The molecule has 9 heteroatoms. The fourth-order valence-corrected chi connectivity index (χ4v) is 4.59. The van der Waals surface area contributed by atoms with Crippen LogP contribution in [0.2, 0.25) is 5.02 Å². The number of amides is 2. The van der Waals surface area contributed by atoms with Gasteiger partial charge >= 0.3 is 0 Å².